The number of aromatic nitrogens is 2. The predicted molar refractivity (Wildman–Crippen MR) is 98.0 cm³/mol. The second-order valence-corrected chi connectivity index (χ2v) is 6.73. The fraction of sp³-hybridized carbons (Fsp3) is 0.526. The first kappa shape index (κ1) is 19.9. The summed E-state index contributed by atoms with van der Waals surface area (Å²) in [6.45, 7) is 1.68. The molecule has 2 aromatic rings. The lowest BCUT2D eigenvalue weighted by Gasteiger charge is -2.12. The number of aryl methyl sites for hydroxylation is 2. The van der Waals surface area contributed by atoms with Crippen LogP contribution >= 0.6 is 12.4 Å². The highest BCUT2D eigenvalue weighted by molar-refractivity contribution is 5.85. The van der Waals surface area contributed by atoms with Crippen molar-refractivity contribution in [3.63, 3.8) is 0 Å². The normalized spacial score (nSPS) is 14.7. The topological polar surface area (TPSA) is 29.9 Å². The average Bonchev–Trinajstić information content (AvgIpc) is 3.18. The average molecular weight is 370 g/mol. The SMILES string of the molecule is CNCc1cc(CCc2ccc(F)cc2F)n(CC2CCCC2)n1.Cl. The van der Waals surface area contributed by atoms with Gasteiger partial charge in [0.25, 0.3) is 0 Å². The van der Waals surface area contributed by atoms with Crippen molar-refractivity contribution in [1.82, 2.24) is 15.1 Å². The quantitative estimate of drug-likeness (QED) is 0.789. The summed E-state index contributed by atoms with van der Waals surface area (Å²) in [5.74, 6) is -0.292. The van der Waals surface area contributed by atoms with Gasteiger partial charge in [-0.2, -0.15) is 5.10 Å². The van der Waals surface area contributed by atoms with E-state index in [-0.39, 0.29) is 12.4 Å². The van der Waals surface area contributed by atoms with Crippen LogP contribution < -0.4 is 5.32 Å². The van der Waals surface area contributed by atoms with Gasteiger partial charge in [-0.25, -0.2) is 8.78 Å². The van der Waals surface area contributed by atoms with E-state index in [9.17, 15) is 8.78 Å². The third-order valence-corrected chi connectivity index (χ3v) is 4.84. The van der Waals surface area contributed by atoms with E-state index in [4.69, 9.17) is 5.10 Å². The van der Waals surface area contributed by atoms with Gasteiger partial charge in [-0.1, -0.05) is 18.9 Å². The molecule has 138 valence electrons. The van der Waals surface area contributed by atoms with Gasteiger partial charge in [0, 0.05) is 24.8 Å². The molecule has 0 amide bonds. The summed E-state index contributed by atoms with van der Waals surface area (Å²) in [5, 5.41) is 7.84. The first-order valence-corrected chi connectivity index (χ1v) is 8.80. The second kappa shape index (κ2) is 9.30. The van der Waals surface area contributed by atoms with Crippen LogP contribution in [0.5, 0.6) is 0 Å². The maximum atomic E-state index is 13.8. The lowest BCUT2D eigenvalue weighted by Crippen LogP contribution is -2.13. The van der Waals surface area contributed by atoms with Crippen LogP contribution in [0.25, 0.3) is 0 Å². The van der Waals surface area contributed by atoms with Crippen molar-refractivity contribution < 1.29 is 8.78 Å². The van der Waals surface area contributed by atoms with Crippen LogP contribution in [0.1, 0.15) is 42.6 Å². The third-order valence-electron chi connectivity index (χ3n) is 4.84. The van der Waals surface area contributed by atoms with Gasteiger partial charge < -0.3 is 5.32 Å². The molecular formula is C19H26ClF2N3. The van der Waals surface area contributed by atoms with E-state index in [0.29, 0.717) is 24.3 Å². The Kier molecular flexibility index (Phi) is 7.38. The van der Waals surface area contributed by atoms with Crippen molar-refractivity contribution in [2.24, 2.45) is 5.92 Å². The zero-order chi connectivity index (χ0) is 16.9. The van der Waals surface area contributed by atoms with Crippen molar-refractivity contribution in [2.45, 2.75) is 51.6 Å². The Morgan fingerprint density at radius 3 is 2.60 bits per heavy atom. The minimum atomic E-state index is -0.529. The van der Waals surface area contributed by atoms with Crippen LogP contribution in [0.15, 0.2) is 24.3 Å². The van der Waals surface area contributed by atoms with Crippen molar-refractivity contribution in [3.8, 4) is 0 Å². The Labute approximate surface area is 154 Å². The fourth-order valence-corrected chi connectivity index (χ4v) is 3.57. The first-order chi connectivity index (χ1) is 11.7. The second-order valence-electron chi connectivity index (χ2n) is 6.73. The maximum Gasteiger partial charge on any atom is 0.129 e. The van der Waals surface area contributed by atoms with Crippen LogP contribution in [0.2, 0.25) is 0 Å². The maximum absolute atomic E-state index is 13.8. The minimum Gasteiger partial charge on any atom is -0.314 e. The summed E-state index contributed by atoms with van der Waals surface area (Å²) in [5.41, 5.74) is 2.71. The highest BCUT2D eigenvalue weighted by Crippen LogP contribution is 2.27. The Morgan fingerprint density at radius 2 is 1.92 bits per heavy atom. The molecule has 0 atom stereocenters. The van der Waals surface area contributed by atoms with Gasteiger partial charge in [0.2, 0.25) is 0 Å². The van der Waals surface area contributed by atoms with E-state index in [1.165, 1.54) is 37.8 Å². The summed E-state index contributed by atoms with van der Waals surface area (Å²) in [4.78, 5) is 0. The molecule has 1 aromatic heterocycles. The van der Waals surface area contributed by atoms with Crippen LogP contribution in [0, 0.1) is 17.6 Å². The molecule has 1 fully saturated rings. The molecule has 0 spiro atoms. The molecule has 3 nitrogen and oxygen atoms in total. The van der Waals surface area contributed by atoms with Crippen LogP contribution in [0.3, 0.4) is 0 Å². The fourth-order valence-electron chi connectivity index (χ4n) is 3.57. The van der Waals surface area contributed by atoms with E-state index in [2.05, 4.69) is 16.1 Å². The number of hydrogen-bond donors (Lipinski definition) is 1. The van der Waals surface area contributed by atoms with E-state index in [1.807, 2.05) is 7.05 Å². The molecule has 6 heteroatoms. The summed E-state index contributed by atoms with van der Waals surface area (Å²) < 4.78 is 29.0. The Bertz CT molecular complexity index is 681. The number of nitrogens with one attached hydrogen (secondary N) is 1. The molecule has 25 heavy (non-hydrogen) atoms. The lowest BCUT2D eigenvalue weighted by molar-refractivity contribution is 0.416. The monoisotopic (exact) mass is 369 g/mol. The molecule has 1 heterocycles. The van der Waals surface area contributed by atoms with Gasteiger partial charge in [0.1, 0.15) is 11.6 Å². The Balaban J connectivity index is 0.00000225. The number of hydrogen-bond acceptors (Lipinski definition) is 2. The smallest absolute Gasteiger partial charge is 0.129 e. The predicted octanol–water partition coefficient (Wildman–Crippen LogP) is 4.28. The largest absolute Gasteiger partial charge is 0.314 e. The van der Waals surface area contributed by atoms with Gasteiger partial charge in [-0.3, -0.25) is 4.68 Å². The molecule has 0 bridgehead atoms. The highest BCUT2D eigenvalue weighted by atomic mass is 35.5. The van der Waals surface area contributed by atoms with Gasteiger partial charge in [0.05, 0.1) is 5.69 Å². The molecular weight excluding hydrogens is 344 g/mol. The van der Waals surface area contributed by atoms with Crippen molar-refractivity contribution in [1.29, 1.82) is 0 Å². The summed E-state index contributed by atoms with van der Waals surface area (Å²) >= 11 is 0. The van der Waals surface area contributed by atoms with E-state index >= 15 is 0 Å². The molecule has 1 aliphatic carbocycles. The van der Waals surface area contributed by atoms with E-state index in [0.717, 1.165) is 30.5 Å². The molecule has 1 aliphatic rings. The number of benzene rings is 1. The number of nitrogens with zero attached hydrogens (tertiary/aromatic N) is 2. The molecule has 3 rings (SSSR count). The zero-order valence-corrected chi connectivity index (χ0v) is 15.4. The first-order valence-electron chi connectivity index (χ1n) is 8.80. The summed E-state index contributed by atoms with van der Waals surface area (Å²) in [6.07, 6.45) is 6.44. The van der Waals surface area contributed by atoms with Crippen LogP contribution in [-0.4, -0.2) is 16.8 Å². The third kappa shape index (κ3) is 5.25. The standard InChI is InChI=1S/C19H25F2N3.ClH/c1-22-12-17-11-18(24(23-17)13-14-4-2-3-5-14)9-7-15-6-8-16(20)10-19(15)21;/h6,8,10-11,14,22H,2-5,7,9,12-13H2,1H3;1H. The molecule has 1 N–H and O–H groups in total. The number of rotatable bonds is 7. The molecule has 1 aromatic carbocycles. The van der Waals surface area contributed by atoms with Gasteiger partial charge >= 0.3 is 0 Å². The van der Waals surface area contributed by atoms with Crippen molar-refractivity contribution in [2.75, 3.05) is 7.05 Å². The van der Waals surface area contributed by atoms with Gasteiger partial charge in [0.15, 0.2) is 0 Å². The number of halogens is 3. The van der Waals surface area contributed by atoms with Gasteiger partial charge in [-0.05, 0) is 56.3 Å². The molecule has 0 unspecified atom stereocenters. The van der Waals surface area contributed by atoms with Crippen LogP contribution in [0.4, 0.5) is 8.78 Å². The summed E-state index contributed by atoms with van der Waals surface area (Å²) in [7, 11) is 1.91. The summed E-state index contributed by atoms with van der Waals surface area (Å²) in [6, 6.07) is 5.92. The molecule has 0 aliphatic heterocycles. The molecule has 1 saturated carbocycles. The highest BCUT2D eigenvalue weighted by Gasteiger charge is 2.18. The van der Waals surface area contributed by atoms with Gasteiger partial charge in [-0.15, -0.1) is 12.4 Å². The lowest BCUT2D eigenvalue weighted by atomic mass is 10.1. The van der Waals surface area contributed by atoms with Crippen molar-refractivity contribution >= 4 is 12.4 Å². The zero-order valence-electron chi connectivity index (χ0n) is 14.6. The molecule has 0 radical (unpaired) electrons. The van der Waals surface area contributed by atoms with Crippen molar-refractivity contribution in [3.05, 3.63) is 52.9 Å². The Hall–Kier alpha value is -1.46. The van der Waals surface area contributed by atoms with E-state index in [1.54, 1.807) is 0 Å². The van der Waals surface area contributed by atoms with Crippen LogP contribution in [-0.2, 0) is 25.9 Å². The Morgan fingerprint density at radius 1 is 1.16 bits per heavy atom. The molecule has 0 saturated heterocycles. The minimum absolute atomic E-state index is 0. The van der Waals surface area contributed by atoms with E-state index < -0.39 is 11.6 Å².